The molecule has 0 spiro atoms. The molecule has 2 aromatic carbocycles. The summed E-state index contributed by atoms with van der Waals surface area (Å²) in [7, 11) is 5.74. The van der Waals surface area contributed by atoms with Gasteiger partial charge in [-0.1, -0.05) is 30.3 Å². The van der Waals surface area contributed by atoms with Gasteiger partial charge in [0.05, 0.1) is 7.11 Å². The molecule has 0 saturated heterocycles. The van der Waals surface area contributed by atoms with Gasteiger partial charge >= 0.3 is 5.97 Å². The van der Waals surface area contributed by atoms with Crippen molar-refractivity contribution in [3.63, 3.8) is 0 Å². The first kappa shape index (κ1) is 18.4. The molecule has 5 nitrogen and oxygen atoms in total. The number of fused-ring (bicyclic) bond motifs is 1. The molecule has 5 heteroatoms. The van der Waals surface area contributed by atoms with Gasteiger partial charge in [0.1, 0.15) is 11.3 Å². The van der Waals surface area contributed by atoms with Crippen LogP contribution in [0.2, 0.25) is 0 Å². The summed E-state index contributed by atoms with van der Waals surface area (Å²) in [5.41, 5.74) is 4.03. The number of likely N-dealkylation sites (N-methyl/N-ethyl adjacent to an activating group) is 2. The monoisotopic (exact) mass is 354 g/mol. The van der Waals surface area contributed by atoms with Crippen molar-refractivity contribution in [2.45, 2.75) is 25.6 Å². The molecule has 3 rings (SSSR count). The molecule has 0 aromatic heterocycles. The number of carboxylic acid groups (broad SMARTS) is 1. The molecule has 1 atom stereocenters. The molecular weight excluding hydrogens is 328 g/mol. The second kappa shape index (κ2) is 7.89. The van der Waals surface area contributed by atoms with Gasteiger partial charge in [-0.15, -0.1) is 0 Å². The highest BCUT2D eigenvalue weighted by atomic mass is 16.5. The number of hydrogen-bond acceptors (Lipinski definition) is 4. The molecule has 0 fully saturated rings. The van der Waals surface area contributed by atoms with Crippen molar-refractivity contribution in [1.82, 2.24) is 9.80 Å². The molecule has 0 saturated carbocycles. The van der Waals surface area contributed by atoms with E-state index in [0.717, 1.165) is 25.1 Å². The number of benzene rings is 2. The lowest BCUT2D eigenvalue weighted by Crippen LogP contribution is -2.44. The Labute approximate surface area is 154 Å². The van der Waals surface area contributed by atoms with Gasteiger partial charge in [0.2, 0.25) is 0 Å². The van der Waals surface area contributed by atoms with Gasteiger partial charge in [-0.05, 0) is 49.3 Å². The number of nitrogens with zero attached hydrogens (tertiary/aromatic N) is 2. The maximum atomic E-state index is 11.4. The molecule has 1 aliphatic heterocycles. The molecule has 1 heterocycles. The zero-order valence-electron chi connectivity index (χ0n) is 15.6. The number of rotatable bonds is 6. The van der Waals surface area contributed by atoms with E-state index in [1.807, 2.05) is 6.07 Å². The summed E-state index contributed by atoms with van der Waals surface area (Å²) >= 11 is 0. The Bertz CT molecular complexity index is 791. The predicted molar refractivity (Wildman–Crippen MR) is 102 cm³/mol. The SMILES string of the molecule is COc1ccc(CN(C)C[C@@H]2Cc3ccccc3CN2C)cc1C(=O)O. The van der Waals surface area contributed by atoms with Gasteiger partial charge in [-0.3, -0.25) is 4.90 Å². The summed E-state index contributed by atoms with van der Waals surface area (Å²) in [5.74, 6) is -0.567. The fourth-order valence-electron chi connectivity index (χ4n) is 3.68. The molecular formula is C21H26N2O3. The highest BCUT2D eigenvalue weighted by Crippen LogP contribution is 2.24. The van der Waals surface area contributed by atoms with Crippen molar-refractivity contribution in [3.05, 3.63) is 64.7 Å². The number of carboxylic acids is 1. The van der Waals surface area contributed by atoms with Gasteiger partial charge in [-0.2, -0.15) is 0 Å². The minimum absolute atomic E-state index is 0.210. The van der Waals surface area contributed by atoms with Crippen LogP contribution in [0.15, 0.2) is 42.5 Å². The molecule has 0 unspecified atom stereocenters. The third-order valence-electron chi connectivity index (χ3n) is 5.09. The molecule has 138 valence electrons. The zero-order chi connectivity index (χ0) is 18.7. The zero-order valence-corrected chi connectivity index (χ0v) is 15.6. The summed E-state index contributed by atoms with van der Waals surface area (Å²) in [4.78, 5) is 16.0. The maximum absolute atomic E-state index is 11.4. The minimum atomic E-state index is -0.963. The minimum Gasteiger partial charge on any atom is -0.496 e. The first-order valence-electron chi connectivity index (χ1n) is 8.83. The van der Waals surface area contributed by atoms with Crippen molar-refractivity contribution in [3.8, 4) is 5.75 Å². The van der Waals surface area contributed by atoms with Gasteiger partial charge < -0.3 is 14.7 Å². The Balaban J connectivity index is 1.67. The molecule has 26 heavy (non-hydrogen) atoms. The van der Waals surface area contributed by atoms with Gasteiger partial charge in [0.15, 0.2) is 0 Å². The molecule has 0 aliphatic carbocycles. The third kappa shape index (κ3) is 4.06. The topological polar surface area (TPSA) is 53.0 Å². The summed E-state index contributed by atoms with van der Waals surface area (Å²) in [6, 6.07) is 14.5. The third-order valence-corrected chi connectivity index (χ3v) is 5.09. The van der Waals surface area contributed by atoms with Crippen molar-refractivity contribution in [2.75, 3.05) is 27.7 Å². The Morgan fingerprint density at radius 2 is 2.00 bits per heavy atom. The Morgan fingerprint density at radius 3 is 2.69 bits per heavy atom. The number of aromatic carboxylic acids is 1. The average Bonchev–Trinajstić information content (AvgIpc) is 2.62. The van der Waals surface area contributed by atoms with Crippen LogP contribution in [0.5, 0.6) is 5.75 Å². The molecule has 2 aromatic rings. The molecule has 1 N–H and O–H groups in total. The van der Waals surface area contributed by atoms with Crippen molar-refractivity contribution in [1.29, 1.82) is 0 Å². The van der Waals surface area contributed by atoms with E-state index in [4.69, 9.17) is 4.74 Å². The van der Waals surface area contributed by atoms with E-state index < -0.39 is 5.97 Å². The molecule has 0 radical (unpaired) electrons. The maximum Gasteiger partial charge on any atom is 0.339 e. The summed E-state index contributed by atoms with van der Waals surface area (Å²) in [6.45, 7) is 2.61. The van der Waals surface area contributed by atoms with E-state index in [1.54, 1.807) is 12.1 Å². The lowest BCUT2D eigenvalue weighted by molar-refractivity contribution is 0.0693. The number of methoxy groups -OCH3 is 1. The second-order valence-electron chi connectivity index (χ2n) is 7.08. The largest absolute Gasteiger partial charge is 0.496 e. The Kier molecular flexibility index (Phi) is 5.59. The van der Waals surface area contributed by atoms with Crippen LogP contribution in [0.4, 0.5) is 0 Å². The predicted octanol–water partition coefficient (Wildman–Crippen LogP) is 2.88. The molecule has 1 aliphatic rings. The number of ether oxygens (including phenoxy) is 1. The van der Waals surface area contributed by atoms with Crippen LogP contribution in [0, 0.1) is 0 Å². The fraction of sp³-hybridized carbons (Fsp3) is 0.381. The Morgan fingerprint density at radius 1 is 1.27 bits per heavy atom. The van der Waals surface area contributed by atoms with Gasteiger partial charge in [-0.25, -0.2) is 4.79 Å². The van der Waals surface area contributed by atoms with E-state index in [-0.39, 0.29) is 5.56 Å². The van der Waals surface area contributed by atoms with Gasteiger partial charge in [0.25, 0.3) is 0 Å². The second-order valence-corrected chi connectivity index (χ2v) is 7.08. The Hall–Kier alpha value is -2.37. The quantitative estimate of drug-likeness (QED) is 0.864. The number of carbonyl (C=O) groups is 1. The lowest BCUT2D eigenvalue weighted by Gasteiger charge is -2.36. The highest BCUT2D eigenvalue weighted by molar-refractivity contribution is 5.91. The van der Waals surface area contributed by atoms with Crippen molar-refractivity contribution < 1.29 is 14.6 Å². The normalized spacial score (nSPS) is 17.2. The average molecular weight is 354 g/mol. The first-order chi connectivity index (χ1) is 12.5. The van der Waals surface area contributed by atoms with Crippen LogP contribution in [0.25, 0.3) is 0 Å². The first-order valence-corrected chi connectivity index (χ1v) is 8.83. The van der Waals surface area contributed by atoms with E-state index >= 15 is 0 Å². The van der Waals surface area contributed by atoms with Crippen molar-refractivity contribution >= 4 is 5.97 Å². The smallest absolute Gasteiger partial charge is 0.339 e. The van der Waals surface area contributed by atoms with E-state index in [1.165, 1.54) is 18.2 Å². The van der Waals surface area contributed by atoms with E-state index in [9.17, 15) is 9.90 Å². The highest BCUT2D eigenvalue weighted by Gasteiger charge is 2.24. The summed E-state index contributed by atoms with van der Waals surface area (Å²) in [6.07, 6.45) is 1.04. The molecule has 0 bridgehead atoms. The van der Waals surface area contributed by atoms with E-state index in [0.29, 0.717) is 18.3 Å². The van der Waals surface area contributed by atoms with Crippen LogP contribution in [-0.4, -0.2) is 54.7 Å². The van der Waals surface area contributed by atoms with Crippen LogP contribution >= 0.6 is 0 Å². The number of hydrogen-bond donors (Lipinski definition) is 1. The standard InChI is InChI=1S/C21H26N2O3/c1-22(12-15-8-9-20(26-3)19(10-15)21(24)25)14-18-11-16-6-4-5-7-17(16)13-23(18)2/h4-10,18H,11-14H2,1-3H3,(H,24,25)/t18-/m0/s1. The van der Waals surface area contributed by atoms with Crippen LogP contribution < -0.4 is 4.74 Å². The lowest BCUT2D eigenvalue weighted by atomic mass is 9.94. The van der Waals surface area contributed by atoms with Crippen LogP contribution in [-0.2, 0) is 19.5 Å². The molecule has 0 amide bonds. The van der Waals surface area contributed by atoms with Crippen LogP contribution in [0.3, 0.4) is 0 Å². The van der Waals surface area contributed by atoms with E-state index in [2.05, 4.69) is 48.2 Å². The summed E-state index contributed by atoms with van der Waals surface area (Å²) < 4.78 is 5.13. The van der Waals surface area contributed by atoms with Gasteiger partial charge in [0, 0.05) is 25.7 Å². The fourth-order valence-corrected chi connectivity index (χ4v) is 3.68. The van der Waals surface area contributed by atoms with Crippen LogP contribution in [0.1, 0.15) is 27.0 Å². The summed E-state index contributed by atoms with van der Waals surface area (Å²) in [5, 5.41) is 9.34. The van der Waals surface area contributed by atoms with Crippen molar-refractivity contribution in [2.24, 2.45) is 0 Å².